The molecule has 3 rings (SSSR count). The van der Waals surface area contributed by atoms with E-state index in [1.807, 2.05) is 0 Å². The topological polar surface area (TPSA) is 164 Å². The molecule has 5 N–H and O–H groups in total. The maximum atomic E-state index is 11.8. The van der Waals surface area contributed by atoms with Gasteiger partial charge in [-0.3, -0.25) is 5.43 Å². The number of rotatable bonds is 4. The summed E-state index contributed by atoms with van der Waals surface area (Å²) in [6.07, 6.45) is -4.06. The van der Waals surface area contributed by atoms with Crippen molar-refractivity contribution in [1.82, 2.24) is 25.2 Å². The van der Waals surface area contributed by atoms with Crippen molar-refractivity contribution in [2.45, 2.75) is 50.9 Å². The number of carbonyl (C=O) groups excluding carboxylic acids is 1. The highest BCUT2D eigenvalue weighted by molar-refractivity contribution is 6.28. The molecule has 0 unspecified atom stereocenters. The van der Waals surface area contributed by atoms with Gasteiger partial charge in [-0.1, -0.05) is 0 Å². The van der Waals surface area contributed by atoms with E-state index in [1.54, 1.807) is 20.8 Å². The number of aromatic nitrogens is 4. The molecule has 28 heavy (non-hydrogen) atoms. The van der Waals surface area contributed by atoms with E-state index >= 15 is 0 Å². The number of ether oxygens (including phenoxy) is 2. The minimum absolute atomic E-state index is 0.138. The zero-order valence-electron chi connectivity index (χ0n) is 15.3. The summed E-state index contributed by atoms with van der Waals surface area (Å²) in [5.74, 6) is 0.138. The summed E-state index contributed by atoms with van der Waals surface area (Å²) in [7, 11) is 0. The van der Waals surface area contributed by atoms with Crippen molar-refractivity contribution < 1.29 is 29.6 Å². The predicted octanol–water partition coefficient (Wildman–Crippen LogP) is -0.0572. The second-order valence-corrected chi connectivity index (χ2v) is 7.49. The molecule has 4 atom stereocenters. The molecule has 3 heterocycles. The van der Waals surface area contributed by atoms with Crippen LogP contribution in [0.2, 0.25) is 5.28 Å². The van der Waals surface area contributed by atoms with E-state index in [2.05, 4.69) is 25.9 Å². The second kappa shape index (κ2) is 7.64. The summed E-state index contributed by atoms with van der Waals surface area (Å²) in [6.45, 7) is 4.68. The Hall–Kier alpha value is -2.25. The fraction of sp³-hybridized carbons (Fsp3) is 0.600. The lowest BCUT2D eigenvalue weighted by molar-refractivity contribution is -0.0566. The molecule has 2 aromatic heterocycles. The Morgan fingerprint density at radius 3 is 2.68 bits per heavy atom. The Bertz CT molecular complexity index is 871. The molecule has 13 heteroatoms. The van der Waals surface area contributed by atoms with Crippen molar-refractivity contribution >= 4 is 34.5 Å². The first-order valence-corrected chi connectivity index (χ1v) is 8.76. The highest BCUT2D eigenvalue weighted by Gasteiger charge is 2.44. The van der Waals surface area contributed by atoms with Crippen molar-refractivity contribution in [2.75, 3.05) is 12.0 Å². The van der Waals surface area contributed by atoms with Gasteiger partial charge in [0.05, 0.1) is 18.2 Å². The van der Waals surface area contributed by atoms with E-state index in [-0.39, 0.29) is 16.7 Å². The van der Waals surface area contributed by atoms with Gasteiger partial charge in [-0.25, -0.2) is 14.9 Å². The van der Waals surface area contributed by atoms with Crippen LogP contribution in [0.5, 0.6) is 0 Å². The third-order valence-corrected chi connectivity index (χ3v) is 4.04. The number of fused-ring (bicyclic) bond motifs is 1. The van der Waals surface area contributed by atoms with E-state index in [1.165, 1.54) is 10.9 Å². The molecule has 154 valence electrons. The zero-order valence-corrected chi connectivity index (χ0v) is 16.1. The largest absolute Gasteiger partial charge is 0.443 e. The van der Waals surface area contributed by atoms with Gasteiger partial charge in [0.1, 0.15) is 23.9 Å². The van der Waals surface area contributed by atoms with Crippen LogP contribution in [-0.2, 0) is 9.47 Å². The summed E-state index contributed by atoms with van der Waals surface area (Å²) >= 11 is 5.96. The molecular weight excluding hydrogens is 396 g/mol. The molecule has 1 saturated heterocycles. The molecule has 0 saturated carbocycles. The number of amides is 1. The molecule has 0 radical (unpaired) electrons. The number of hydrazine groups is 1. The van der Waals surface area contributed by atoms with Crippen LogP contribution in [0.25, 0.3) is 11.0 Å². The van der Waals surface area contributed by atoms with Gasteiger partial charge in [-0.05, 0) is 32.4 Å². The number of aliphatic hydroxyl groups excluding tert-OH is 3. The lowest BCUT2D eigenvalue weighted by atomic mass is 10.1. The zero-order chi connectivity index (χ0) is 20.6. The summed E-state index contributed by atoms with van der Waals surface area (Å²) < 4.78 is 11.8. The number of nitrogens with one attached hydrogen (secondary N) is 2. The molecule has 2 aromatic rings. The number of nitrogens with zero attached hydrogens (tertiary/aromatic N) is 4. The van der Waals surface area contributed by atoms with E-state index in [4.69, 9.17) is 21.1 Å². The molecule has 1 amide bonds. The van der Waals surface area contributed by atoms with E-state index in [9.17, 15) is 20.1 Å². The van der Waals surface area contributed by atoms with Crippen molar-refractivity contribution in [3.8, 4) is 0 Å². The lowest BCUT2D eigenvalue weighted by Crippen LogP contribution is -2.36. The number of anilines is 1. The van der Waals surface area contributed by atoms with E-state index < -0.39 is 42.8 Å². The molecule has 12 nitrogen and oxygen atoms in total. The Kier molecular flexibility index (Phi) is 5.59. The van der Waals surface area contributed by atoms with Crippen molar-refractivity contribution in [2.24, 2.45) is 0 Å². The number of hydrogen-bond donors (Lipinski definition) is 5. The number of carbonyl (C=O) groups is 1. The summed E-state index contributed by atoms with van der Waals surface area (Å²) in [6, 6.07) is 0. The van der Waals surface area contributed by atoms with Crippen LogP contribution in [-0.4, -0.2) is 71.7 Å². The van der Waals surface area contributed by atoms with Gasteiger partial charge in [0.15, 0.2) is 17.7 Å². The summed E-state index contributed by atoms with van der Waals surface area (Å²) in [4.78, 5) is 19.9. The van der Waals surface area contributed by atoms with Gasteiger partial charge in [0.2, 0.25) is 5.28 Å². The van der Waals surface area contributed by atoms with Gasteiger partial charge >= 0.3 is 6.09 Å². The normalized spacial score (nSPS) is 25.1. The van der Waals surface area contributed by atoms with Crippen LogP contribution in [0.4, 0.5) is 10.6 Å². The number of aliphatic hydroxyl groups is 3. The summed E-state index contributed by atoms with van der Waals surface area (Å²) in [5, 5.41) is 33.7. The lowest BCUT2D eigenvalue weighted by Gasteiger charge is -2.20. The molecule has 0 aromatic carbocycles. The molecule has 0 aliphatic carbocycles. The Morgan fingerprint density at radius 1 is 1.36 bits per heavy atom. The average Bonchev–Trinajstić information content (AvgIpc) is 3.13. The van der Waals surface area contributed by atoms with Gasteiger partial charge in [0.25, 0.3) is 0 Å². The Morgan fingerprint density at radius 2 is 2.07 bits per heavy atom. The first-order valence-electron chi connectivity index (χ1n) is 8.39. The minimum Gasteiger partial charge on any atom is -0.443 e. The summed E-state index contributed by atoms with van der Waals surface area (Å²) in [5.41, 5.74) is 4.42. The number of halogens is 1. The predicted molar refractivity (Wildman–Crippen MR) is 96.3 cm³/mol. The number of hydrogen-bond acceptors (Lipinski definition) is 10. The van der Waals surface area contributed by atoms with Crippen molar-refractivity contribution in [3.63, 3.8) is 0 Å². The smallest absolute Gasteiger partial charge is 0.426 e. The van der Waals surface area contributed by atoms with Crippen LogP contribution < -0.4 is 10.9 Å². The van der Waals surface area contributed by atoms with Crippen molar-refractivity contribution in [3.05, 3.63) is 11.5 Å². The standard InChI is InChI=1S/C15H21ClN6O6/c1-15(2,3)28-14(26)21-20-10-6-4-17-22(11(6)19-13(16)18-10)12-9(25)8(24)7(5-23)27-12/h4,7-9,12,23-25H,5H2,1-3H3,(H,21,26)(H,18,19,20)/t7-,8-,9-,12-/m1/s1. The first-order chi connectivity index (χ1) is 13.1. The fourth-order valence-corrected chi connectivity index (χ4v) is 2.84. The van der Waals surface area contributed by atoms with E-state index in [0.29, 0.717) is 5.39 Å². The van der Waals surface area contributed by atoms with Gasteiger partial charge in [0, 0.05) is 0 Å². The molecule has 1 aliphatic heterocycles. The molecule has 0 bridgehead atoms. The molecular formula is C15H21ClN6O6. The maximum Gasteiger partial charge on any atom is 0.426 e. The first kappa shape index (κ1) is 20.5. The Balaban J connectivity index is 1.86. The molecule has 0 spiro atoms. The van der Waals surface area contributed by atoms with E-state index in [0.717, 1.165) is 0 Å². The second-order valence-electron chi connectivity index (χ2n) is 7.15. The molecule has 1 aliphatic rings. The van der Waals surface area contributed by atoms with Crippen molar-refractivity contribution in [1.29, 1.82) is 0 Å². The monoisotopic (exact) mass is 416 g/mol. The van der Waals surface area contributed by atoms with Crippen LogP contribution in [0, 0.1) is 0 Å². The highest BCUT2D eigenvalue weighted by Crippen LogP contribution is 2.32. The third kappa shape index (κ3) is 4.10. The quantitative estimate of drug-likeness (QED) is 0.337. The van der Waals surface area contributed by atoms with Gasteiger partial charge < -0.3 is 24.8 Å². The van der Waals surface area contributed by atoms with Gasteiger partial charge in [-0.15, -0.1) is 0 Å². The van der Waals surface area contributed by atoms with Gasteiger partial charge in [-0.2, -0.15) is 15.1 Å². The van der Waals surface area contributed by atoms with Crippen LogP contribution in [0.15, 0.2) is 6.20 Å². The van der Waals surface area contributed by atoms with Crippen LogP contribution in [0.1, 0.15) is 27.0 Å². The third-order valence-electron chi connectivity index (χ3n) is 3.87. The fourth-order valence-electron chi connectivity index (χ4n) is 2.68. The van der Waals surface area contributed by atoms with Crippen LogP contribution in [0.3, 0.4) is 0 Å². The average molecular weight is 417 g/mol. The SMILES string of the molecule is CC(C)(C)OC(=O)NNc1nc(Cl)nc2c1cnn2[C@@H]1O[C@H](CO)[C@@H](O)[C@H]1O. The Labute approximate surface area is 164 Å². The van der Waals surface area contributed by atoms with Crippen LogP contribution >= 0.6 is 11.6 Å². The minimum atomic E-state index is -1.34. The molecule has 1 fully saturated rings. The highest BCUT2D eigenvalue weighted by atomic mass is 35.5. The maximum absolute atomic E-state index is 11.8.